The highest BCUT2D eigenvalue weighted by Crippen LogP contribution is 2.15. The Hall–Kier alpha value is -4.42. The molecule has 0 spiro atoms. The lowest BCUT2D eigenvalue weighted by atomic mass is 10.0. The van der Waals surface area contributed by atoms with E-state index in [-0.39, 0.29) is 109 Å². The highest BCUT2D eigenvalue weighted by Gasteiger charge is 2.28. The number of carboxylic acid groups (broad SMARTS) is 4. The van der Waals surface area contributed by atoms with Gasteiger partial charge >= 0.3 is 23.9 Å². The van der Waals surface area contributed by atoms with Crippen LogP contribution in [0, 0.1) is 0 Å². The molecule has 5 N–H and O–H groups in total. The number of ether oxygens (including phenoxy) is 4. The summed E-state index contributed by atoms with van der Waals surface area (Å²) in [6, 6.07) is -1.01. The largest absolute Gasteiger partial charge is 0.480 e. The van der Waals surface area contributed by atoms with Crippen LogP contribution in [0.4, 0.5) is 5.69 Å². The van der Waals surface area contributed by atoms with E-state index in [1.54, 1.807) is 24.5 Å². The topological polar surface area (TPSA) is 283 Å². The van der Waals surface area contributed by atoms with Crippen molar-refractivity contribution in [3.63, 3.8) is 0 Å². The zero-order valence-corrected chi connectivity index (χ0v) is 38.9. The number of aliphatic carboxylic acids is 4. The fourth-order valence-electron chi connectivity index (χ4n) is 7.46. The minimum atomic E-state index is -1.11. The molecule has 1 unspecified atom stereocenters. The summed E-state index contributed by atoms with van der Waals surface area (Å²) in [6.45, 7) is 8.40. The van der Waals surface area contributed by atoms with Gasteiger partial charge in [0.15, 0.2) is 5.78 Å². The van der Waals surface area contributed by atoms with E-state index in [1.165, 1.54) is 6.92 Å². The molecular formula is C44H74N6O16. The summed E-state index contributed by atoms with van der Waals surface area (Å²) in [7, 11) is 0. The average molecular weight is 943 g/mol. The van der Waals surface area contributed by atoms with Gasteiger partial charge in [-0.25, -0.2) is 0 Å². The Morgan fingerprint density at radius 3 is 1.59 bits per heavy atom. The molecule has 376 valence electrons. The van der Waals surface area contributed by atoms with Crippen molar-refractivity contribution >= 4 is 41.3 Å². The Bertz CT molecular complexity index is 1660. The first-order chi connectivity index (χ1) is 31.6. The van der Waals surface area contributed by atoms with Gasteiger partial charge in [-0.05, 0) is 58.3 Å². The highest BCUT2D eigenvalue weighted by atomic mass is 16.5. The van der Waals surface area contributed by atoms with Gasteiger partial charge in [-0.2, -0.15) is 0 Å². The van der Waals surface area contributed by atoms with Crippen molar-refractivity contribution in [1.82, 2.24) is 24.5 Å². The Balaban J connectivity index is 1.70. The third-order valence-corrected chi connectivity index (χ3v) is 11.1. The summed E-state index contributed by atoms with van der Waals surface area (Å²) < 4.78 is 22.0. The van der Waals surface area contributed by atoms with Crippen LogP contribution in [0.25, 0.3) is 0 Å². The van der Waals surface area contributed by atoms with E-state index in [0.717, 1.165) is 6.42 Å². The first kappa shape index (κ1) is 57.7. The number of nitrogens with one attached hydrogen (secondary N) is 1. The number of rotatable bonds is 36. The Labute approximate surface area is 386 Å². The summed E-state index contributed by atoms with van der Waals surface area (Å²) in [5, 5.41) is 41.7. The van der Waals surface area contributed by atoms with Crippen LogP contribution >= 0.6 is 0 Å². The SMILES string of the molecule is CCOCCCN(CC(=O)CCCCOCCOCCOCCCCc1c(NCCCC(C(=O)O)N2CCN(CC(=O)O)CCN(CC(=O)O)CCN(CC(=O)O)CC2)c(=O)c1=O)C(C)=O. The molecule has 1 heterocycles. The molecule has 1 aliphatic rings. The summed E-state index contributed by atoms with van der Waals surface area (Å²) in [4.78, 5) is 104. The fourth-order valence-corrected chi connectivity index (χ4v) is 7.46. The summed E-state index contributed by atoms with van der Waals surface area (Å²) >= 11 is 0. The smallest absolute Gasteiger partial charge is 0.320 e. The first-order valence-corrected chi connectivity index (χ1v) is 23.1. The third-order valence-electron chi connectivity index (χ3n) is 11.1. The molecule has 1 aromatic rings. The zero-order chi connectivity index (χ0) is 48.7. The number of unbranched alkanes of at least 4 members (excludes halogenated alkanes) is 2. The summed E-state index contributed by atoms with van der Waals surface area (Å²) in [6.07, 6.45) is 4.57. The van der Waals surface area contributed by atoms with Gasteiger partial charge in [0.25, 0.3) is 0 Å². The van der Waals surface area contributed by atoms with Crippen molar-refractivity contribution in [2.24, 2.45) is 0 Å². The van der Waals surface area contributed by atoms with E-state index < -0.39 is 40.8 Å². The molecular weight excluding hydrogens is 869 g/mol. The number of hydrogen-bond acceptors (Lipinski definition) is 17. The number of Topliss-reactive ketones (excluding diaryl/α,β-unsaturated/α-hetero) is 1. The molecule has 1 aromatic carbocycles. The molecule has 2 rings (SSSR count). The minimum absolute atomic E-state index is 0.0235. The first-order valence-electron chi connectivity index (χ1n) is 23.1. The van der Waals surface area contributed by atoms with E-state index >= 15 is 0 Å². The van der Waals surface area contributed by atoms with Gasteiger partial charge in [-0.1, -0.05) is 0 Å². The van der Waals surface area contributed by atoms with Crippen LogP contribution < -0.4 is 16.2 Å². The molecule has 1 aliphatic heterocycles. The number of ketones is 1. The number of nitrogens with zero attached hydrogens (tertiary/aromatic N) is 5. The van der Waals surface area contributed by atoms with Crippen molar-refractivity contribution in [2.75, 3.05) is 150 Å². The zero-order valence-electron chi connectivity index (χ0n) is 38.9. The number of hydrogen-bond donors (Lipinski definition) is 5. The van der Waals surface area contributed by atoms with Gasteiger partial charge in [-0.3, -0.25) is 58.0 Å². The van der Waals surface area contributed by atoms with E-state index in [1.807, 2.05) is 6.92 Å². The molecule has 22 nitrogen and oxygen atoms in total. The van der Waals surface area contributed by atoms with Gasteiger partial charge < -0.3 is 49.6 Å². The standard InChI is InChI=1S/C44H74N6O16/c1-3-63-25-9-14-50(34(2)51)30-35(52)10-4-6-23-64-26-28-66-29-27-65-24-7-5-11-36-41(43(60)42(36)59)45-13-8-12-37(44(61)62)49-21-19-47(32-39(55)56)17-15-46(31-38(53)54)16-18-48(20-22-49)33-40(57)58/h37,45H,3-33H2,1-2H3,(H,53,54)(H,55,56)(H,57,58)(H,61,62). The Morgan fingerprint density at radius 2 is 1.11 bits per heavy atom. The second-order valence-corrected chi connectivity index (χ2v) is 16.3. The molecule has 1 amide bonds. The molecule has 0 aromatic heterocycles. The number of carbonyl (C=O) groups excluding carboxylic acids is 2. The van der Waals surface area contributed by atoms with E-state index in [0.29, 0.717) is 110 Å². The second-order valence-electron chi connectivity index (χ2n) is 16.3. The molecule has 0 radical (unpaired) electrons. The quantitative estimate of drug-likeness (QED) is 0.0430. The molecule has 0 aliphatic carbocycles. The van der Waals surface area contributed by atoms with E-state index in [2.05, 4.69) is 5.32 Å². The molecule has 66 heavy (non-hydrogen) atoms. The lowest BCUT2D eigenvalue weighted by Crippen LogP contribution is -2.51. The van der Waals surface area contributed by atoms with Gasteiger partial charge in [0.05, 0.1) is 58.3 Å². The van der Waals surface area contributed by atoms with Crippen LogP contribution in [0.3, 0.4) is 0 Å². The van der Waals surface area contributed by atoms with Gasteiger partial charge in [0.1, 0.15) is 6.04 Å². The fraction of sp³-hybridized carbons (Fsp3) is 0.773. The van der Waals surface area contributed by atoms with E-state index in [9.17, 15) is 58.8 Å². The van der Waals surface area contributed by atoms with Gasteiger partial charge in [0, 0.05) is 111 Å². The number of amides is 1. The predicted molar refractivity (Wildman–Crippen MR) is 242 cm³/mol. The predicted octanol–water partition coefficient (Wildman–Crippen LogP) is -0.210. The number of carboxylic acids is 4. The van der Waals surface area contributed by atoms with Crippen LogP contribution in [0.5, 0.6) is 0 Å². The molecule has 1 fully saturated rings. The number of carbonyl (C=O) groups is 6. The molecule has 1 atom stereocenters. The van der Waals surface area contributed by atoms with Crippen molar-refractivity contribution < 1.29 is 68.1 Å². The number of anilines is 1. The van der Waals surface area contributed by atoms with E-state index in [4.69, 9.17) is 18.9 Å². The van der Waals surface area contributed by atoms with Gasteiger partial charge in [0.2, 0.25) is 16.8 Å². The van der Waals surface area contributed by atoms with Crippen LogP contribution in [0.2, 0.25) is 0 Å². The lowest BCUT2D eigenvalue weighted by Gasteiger charge is -2.35. The van der Waals surface area contributed by atoms with Crippen LogP contribution in [0.15, 0.2) is 9.59 Å². The molecule has 0 saturated carbocycles. The monoisotopic (exact) mass is 943 g/mol. The third kappa shape index (κ3) is 24.9. The average Bonchev–Trinajstić information content (AvgIpc) is 3.25. The molecule has 0 bridgehead atoms. The Kier molecular flexibility index (Phi) is 29.7. The summed E-state index contributed by atoms with van der Waals surface area (Å²) in [5.74, 6) is -4.46. The molecule has 22 heteroatoms. The Morgan fingerprint density at radius 1 is 0.621 bits per heavy atom. The van der Waals surface area contributed by atoms with Gasteiger partial charge in [-0.15, -0.1) is 0 Å². The van der Waals surface area contributed by atoms with Crippen molar-refractivity contribution in [3.8, 4) is 0 Å². The normalized spacial score (nSPS) is 15.5. The second kappa shape index (κ2) is 34.0. The van der Waals surface area contributed by atoms with Crippen LogP contribution in [-0.2, 0) is 54.1 Å². The van der Waals surface area contributed by atoms with Crippen molar-refractivity contribution in [2.45, 2.75) is 77.7 Å². The van der Waals surface area contributed by atoms with Crippen LogP contribution in [0.1, 0.15) is 70.8 Å². The van der Waals surface area contributed by atoms with Crippen molar-refractivity contribution in [3.05, 3.63) is 26.0 Å². The minimum Gasteiger partial charge on any atom is -0.480 e. The maximum atomic E-state index is 12.6. The lowest BCUT2D eigenvalue weighted by molar-refractivity contribution is -0.145. The maximum absolute atomic E-state index is 12.6. The molecule has 1 saturated heterocycles. The van der Waals surface area contributed by atoms with Crippen molar-refractivity contribution in [1.29, 1.82) is 0 Å². The van der Waals surface area contributed by atoms with Crippen LogP contribution in [-0.4, -0.2) is 231 Å². The highest BCUT2D eigenvalue weighted by molar-refractivity contribution is 5.85. The summed E-state index contributed by atoms with van der Waals surface area (Å²) in [5.41, 5.74) is -0.536. The maximum Gasteiger partial charge on any atom is 0.320 e.